The molecule has 2 rings (SSSR count). The van der Waals surface area contributed by atoms with Gasteiger partial charge in [0, 0.05) is 8.22 Å². The van der Waals surface area contributed by atoms with Crippen LogP contribution in [0.4, 0.5) is 0 Å². The molecular weight excluding hydrogens is 247 g/mol. The lowest BCUT2D eigenvalue weighted by Gasteiger charge is -2.32. The van der Waals surface area contributed by atoms with E-state index in [0.29, 0.717) is 11.3 Å². The van der Waals surface area contributed by atoms with E-state index in [1.54, 1.807) is 27.7 Å². The van der Waals surface area contributed by atoms with Crippen molar-refractivity contribution in [3.05, 3.63) is 16.3 Å². The van der Waals surface area contributed by atoms with Crippen LogP contribution in [0.2, 0.25) is 0 Å². The summed E-state index contributed by atoms with van der Waals surface area (Å²) in [6.07, 6.45) is 0. The predicted octanol–water partition coefficient (Wildman–Crippen LogP) is 2.27. The number of thiophene rings is 1. The summed E-state index contributed by atoms with van der Waals surface area (Å²) in [5, 5.41) is 10.0. The second-order valence-electron chi connectivity index (χ2n) is 5.39. The van der Waals surface area contributed by atoms with E-state index >= 15 is 0 Å². The van der Waals surface area contributed by atoms with Crippen molar-refractivity contribution in [2.24, 2.45) is 0 Å². The minimum absolute atomic E-state index is 0.228. The lowest BCUT2D eigenvalue weighted by Crippen LogP contribution is -2.41. The molecule has 0 radical (unpaired) electrons. The van der Waals surface area contributed by atoms with E-state index in [1.807, 2.05) is 0 Å². The Morgan fingerprint density at radius 3 is 2.33 bits per heavy atom. The normalized spacial score (nSPS) is 30.4. The molecule has 2 heterocycles. The van der Waals surface area contributed by atoms with Crippen LogP contribution >= 0.6 is 11.3 Å². The molecule has 1 aliphatic rings. The smallest absolute Gasteiger partial charge is 0.399 e. The van der Waals surface area contributed by atoms with Gasteiger partial charge in [0.2, 0.25) is 0 Å². The molecule has 100 valence electrons. The summed E-state index contributed by atoms with van der Waals surface area (Å²) in [4.78, 5) is 0. The molecule has 0 bridgehead atoms. The maximum absolute atomic E-state index is 10.8. The largest absolute Gasteiger partial charge is 0.496 e. The van der Waals surface area contributed by atoms with Crippen LogP contribution in [0.1, 0.15) is 57.9 Å². The minimum Gasteiger partial charge on any atom is -0.399 e. The van der Waals surface area contributed by atoms with Crippen molar-refractivity contribution < 1.29 is 25.4 Å². The van der Waals surface area contributed by atoms with Crippen LogP contribution in [0.3, 0.4) is 0 Å². The van der Waals surface area contributed by atoms with Crippen LogP contribution in [-0.2, 0) is 14.9 Å². The quantitative estimate of drug-likeness (QED) is 0.842. The van der Waals surface area contributed by atoms with Gasteiger partial charge in [-0.25, -0.2) is 0 Å². The van der Waals surface area contributed by atoms with E-state index in [1.165, 1.54) is 0 Å². The van der Waals surface area contributed by atoms with Gasteiger partial charge in [0.05, 0.1) is 19.5 Å². The molecule has 0 unspecified atom stereocenters. The van der Waals surface area contributed by atoms with Crippen LogP contribution < -0.4 is 5.46 Å². The van der Waals surface area contributed by atoms with Crippen LogP contribution in [-0.4, -0.2) is 23.4 Å². The molecule has 0 amide bonds. The van der Waals surface area contributed by atoms with Crippen molar-refractivity contribution in [3.8, 4) is 0 Å². The Balaban J connectivity index is 2.74. The Bertz CT molecular complexity index is 679. The van der Waals surface area contributed by atoms with Gasteiger partial charge >= 0.3 is 7.12 Å². The van der Waals surface area contributed by atoms with E-state index in [-0.39, 0.29) is 10.8 Å². The molecule has 1 fully saturated rings. The van der Waals surface area contributed by atoms with Crippen molar-refractivity contribution in [1.29, 1.82) is 0 Å². The Morgan fingerprint density at radius 1 is 1.28 bits per heavy atom. The van der Waals surface area contributed by atoms with Crippen molar-refractivity contribution in [2.75, 3.05) is 0 Å². The van der Waals surface area contributed by atoms with Gasteiger partial charge in [-0.2, -0.15) is 11.3 Å². The zero-order chi connectivity index (χ0) is 20.5. The predicted molar refractivity (Wildman–Crippen MR) is 75.3 cm³/mol. The number of aliphatic hydroxyl groups is 1. The highest BCUT2D eigenvalue weighted by molar-refractivity contribution is 7.09. The highest BCUT2D eigenvalue weighted by atomic mass is 32.1. The molecule has 1 aromatic heterocycles. The SMILES string of the molecule is [2H]c1sc([2H])c(C(O)(C([2H])([2H])[2H])C([2H])([2H])[2H])c1B1OC(C)(C)C(C)(C)O1. The van der Waals surface area contributed by atoms with Crippen LogP contribution in [0.25, 0.3) is 0 Å². The number of rotatable bonds is 2. The Hall–Kier alpha value is -0.355. The molecule has 1 saturated heterocycles. The second kappa shape index (κ2) is 4.07. The second-order valence-corrected chi connectivity index (χ2v) is 6.01. The van der Waals surface area contributed by atoms with E-state index in [9.17, 15) is 5.11 Å². The van der Waals surface area contributed by atoms with Gasteiger partial charge in [0.1, 0.15) is 0 Å². The summed E-state index contributed by atoms with van der Waals surface area (Å²) in [6, 6.07) is 0. The summed E-state index contributed by atoms with van der Waals surface area (Å²) >= 11 is 0.555. The van der Waals surface area contributed by atoms with Gasteiger partial charge < -0.3 is 14.4 Å². The van der Waals surface area contributed by atoms with Gasteiger partial charge in [0.25, 0.3) is 0 Å². The summed E-state index contributed by atoms with van der Waals surface area (Å²) < 4.78 is 73.4. The van der Waals surface area contributed by atoms with Crippen LogP contribution in [0, 0.1) is 0 Å². The lowest BCUT2D eigenvalue weighted by atomic mass is 9.75. The Morgan fingerprint density at radius 2 is 1.83 bits per heavy atom. The van der Waals surface area contributed by atoms with E-state index in [2.05, 4.69) is 0 Å². The van der Waals surface area contributed by atoms with E-state index in [4.69, 9.17) is 20.3 Å². The third kappa shape index (κ3) is 2.25. The van der Waals surface area contributed by atoms with Crippen molar-refractivity contribution in [3.63, 3.8) is 0 Å². The minimum atomic E-state index is -3.36. The third-order valence-electron chi connectivity index (χ3n) is 3.43. The molecule has 0 saturated carbocycles. The molecule has 18 heavy (non-hydrogen) atoms. The number of hydrogen-bond acceptors (Lipinski definition) is 4. The average molecular weight is 276 g/mol. The van der Waals surface area contributed by atoms with Crippen molar-refractivity contribution >= 4 is 23.9 Å². The molecular formula is C13H21BO3S. The van der Waals surface area contributed by atoms with E-state index < -0.39 is 48.5 Å². The first-order valence-electron chi connectivity index (χ1n) is 9.55. The highest BCUT2D eigenvalue weighted by Crippen LogP contribution is 2.37. The molecule has 3 nitrogen and oxygen atoms in total. The maximum atomic E-state index is 10.8. The van der Waals surface area contributed by atoms with E-state index in [0.717, 1.165) is 0 Å². The first-order valence-corrected chi connectivity index (χ1v) is 6.37. The van der Waals surface area contributed by atoms with Gasteiger partial charge in [-0.15, -0.1) is 0 Å². The van der Waals surface area contributed by atoms with Gasteiger partial charge in [-0.1, -0.05) is 0 Å². The molecule has 1 aromatic rings. The fourth-order valence-corrected chi connectivity index (χ4v) is 2.35. The number of hydrogen-bond donors (Lipinski definition) is 1. The van der Waals surface area contributed by atoms with Gasteiger partial charge in [-0.05, 0) is 63.1 Å². The Kier molecular flexibility index (Phi) is 1.56. The Labute approximate surface area is 125 Å². The van der Waals surface area contributed by atoms with Crippen molar-refractivity contribution in [2.45, 2.75) is 58.2 Å². The average Bonchev–Trinajstić information content (AvgIpc) is 2.78. The topological polar surface area (TPSA) is 38.7 Å². The fourth-order valence-electron chi connectivity index (χ4n) is 1.63. The summed E-state index contributed by atoms with van der Waals surface area (Å²) in [5.74, 6) is 0. The third-order valence-corrected chi connectivity index (χ3v) is 4.06. The van der Waals surface area contributed by atoms with Gasteiger partial charge in [0.15, 0.2) is 0 Å². The maximum Gasteiger partial charge on any atom is 0.496 e. The van der Waals surface area contributed by atoms with Crippen molar-refractivity contribution in [1.82, 2.24) is 0 Å². The summed E-state index contributed by atoms with van der Waals surface area (Å²) in [7, 11) is -1.27. The monoisotopic (exact) mass is 276 g/mol. The molecule has 5 heteroatoms. The summed E-state index contributed by atoms with van der Waals surface area (Å²) in [6.45, 7) is 0.238. The lowest BCUT2D eigenvalue weighted by molar-refractivity contribution is 0.00578. The first-order chi connectivity index (χ1) is 11.4. The zero-order valence-electron chi connectivity index (χ0n) is 18.7. The molecule has 1 aliphatic heterocycles. The van der Waals surface area contributed by atoms with Crippen LogP contribution in [0.5, 0.6) is 0 Å². The molecule has 0 aliphatic carbocycles. The van der Waals surface area contributed by atoms with Crippen LogP contribution in [0.15, 0.2) is 10.7 Å². The first kappa shape index (κ1) is 6.89. The molecule has 0 aromatic carbocycles. The zero-order valence-corrected chi connectivity index (χ0v) is 11.6. The van der Waals surface area contributed by atoms with Gasteiger partial charge in [-0.3, -0.25) is 0 Å². The molecule has 0 atom stereocenters. The molecule has 1 N–H and O–H groups in total. The standard InChI is InChI=1S/C13H21BO3S/c1-11(2,15)9-7-18-8-10(9)14-16-12(3,4)13(5,6)17-14/h7-8,15H,1-6H3/i1D3,2D3,7D,8D. The summed E-state index contributed by atoms with van der Waals surface area (Å²) in [5.41, 5.74) is -5.88. The molecule has 0 spiro atoms. The fraction of sp³-hybridized carbons (Fsp3) is 0.692. The highest BCUT2D eigenvalue weighted by Gasteiger charge is 2.52.